The van der Waals surface area contributed by atoms with Gasteiger partial charge in [-0.25, -0.2) is 9.18 Å². The van der Waals surface area contributed by atoms with E-state index < -0.39 is 11.4 Å². The van der Waals surface area contributed by atoms with Crippen molar-refractivity contribution >= 4 is 28.3 Å². The van der Waals surface area contributed by atoms with Crippen LogP contribution in [0.5, 0.6) is 0 Å². The molecule has 0 amide bonds. The van der Waals surface area contributed by atoms with E-state index in [0.29, 0.717) is 22.8 Å². The molecule has 6 heteroatoms. The van der Waals surface area contributed by atoms with Gasteiger partial charge in [-0.05, 0) is 43.3 Å². The average Bonchev–Trinajstić information content (AvgIpc) is 2.61. The van der Waals surface area contributed by atoms with Crippen LogP contribution in [-0.2, 0) is 0 Å². The van der Waals surface area contributed by atoms with Gasteiger partial charge >= 0.3 is 5.63 Å². The van der Waals surface area contributed by atoms with E-state index in [1.165, 1.54) is 18.2 Å². The van der Waals surface area contributed by atoms with E-state index >= 15 is 0 Å². The summed E-state index contributed by atoms with van der Waals surface area (Å²) in [5.41, 5.74) is 1.86. The maximum Gasteiger partial charge on any atom is 0.344 e. The molecule has 26 heavy (non-hydrogen) atoms. The first-order chi connectivity index (χ1) is 12.5. The standard InChI is InChI=1S/C20H18ClFN2O2/c1-12-11-24(7-6-23-12)15-4-2-13-8-17(20(25)26-19(13)10-15)16-5-3-14(22)9-18(16)21/h2-5,8-10,12,23H,6-7,11H2,1H3/t12-/m0/s1. The van der Waals surface area contributed by atoms with Crippen LogP contribution in [0.25, 0.3) is 22.1 Å². The van der Waals surface area contributed by atoms with Crippen molar-refractivity contribution in [1.29, 1.82) is 0 Å². The minimum Gasteiger partial charge on any atom is -0.422 e. The van der Waals surface area contributed by atoms with Gasteiger partial charge in [-0.1, -0.05) is 11.6 Å². The Bertz CT molecular complexity index is 1030. The first-order valence-corrected chi connectivity index (χ1v) is 8.91. The van der Waals surface area contributed by atoms with Crippen LogP contribution >= 0.6 is 11.6 Å². The van der Waals surface area contributed by atoms with E-state index in [-0.39, 0.29) is 5.02 Å². The number of halogens is 2. The zero-order valence-electron chi connectivity index (χ0n) is 14.3. The molecular formula is C20H18ClFN2O2. The average molecular weight is 373 g/mol. The molecule has 1 aliphatic heterocycles. The maximum absolute atomic E-state index is 13.3. The molecule has 0 unspecified atom stereocenters. The van der Waals surface area contributed by atoms with Crippen LogP contribution in [0, 0.1) is 5.82 Å². The third-order valence-corrected chi connectivity index (χ3v) is 4.99. The lowest BCUT2D eigenvalue weighted by Gasteiger charge is -2.33. The van der Waals surface area contributed by atoms with E-state index in [9.17, 15) is 9.18 Å². The zero-order valence-corrected chi connectivity index (χ0v) is 15.0. The fourth-order valence-electron chi connectivity index (χ4n) is 3.36. The molecule has 1 atom stereocenters. The summed E-state index contributed by atoms with van der Waals surface area (Å²) in [7, 11) is 0. The molecule has 1 aliphatic rings. The summed E-state index contributed by atoms with van der Waals surface area (Å²) >= 11 is 6.09. The van der Waals surface area contributed by atoms with Crippen LogP contribution in [0.15, 0.2) is 51.7 Å². The molecule has 1 fully saturated rings. The number of hydrogen-bond donors (Lipinski definition) is 1. The molecule has 4 nitrogen and oxygen atoms in total. The Kier molecular flexibility index (Phi) is 4.42. The highest BCUT2D eigenvalue weighted by atomic mass is 35.5. The number of benzene rings is 2. The molecule has 0 spiro atoms. The van der Waals surface area contributed by atoms with E-state index in [2.05, 4.69) is 17.1 Å². The smallest absolute Gasteiger partial charge is 0.344 e. The number of fused-ring (bicyclic) bond motifs is 1. The minimum atomic E-state index is -0.489. The number of anilines is 1. The molecule has 0 saturated carbocycles. The largest absolute Gasteiger partial charge is 0.422 e. The van der Waals surface area contributed by atoms with Gasteiger partial charge in [-0.3, -0.25) is 0 Å². The molecule has 2 heterocycles. The summed E-state index contributed by atoms with van der Waals surface area (Å²) in [6.45, 7) is 4.87. The quantitative estimate of drug-likeness (QED) is 0.689. The zero-order chi connectivity index (χ0) is 18.3. The molecule has 0 aliphatic carbocycles. The topological polar surface area (TPSA) is 45.5 Å². The van der Waals surface area contributed by atoms with E-state index in [1.807, 2.05) is 18.2 Å². The van der Waals surface area contributed by atoms with Crippen molar-refractivity contribution in [3.63, 3.8) is 0 Å². The Balaban J connectivity index is 1.76. The SMILES string of the molecule is C[C@H]1CN(c2ccc3cc(-c4ccc(F)cc4Cl)c(=O)oc3c2)CCN1. The number of rotatable bonds is 2. The number of nitrogens with zero attached hydrogens (tertiary/aromatic N) is 1. The highest BCUT2D eigenvalue weighted by molar-refractivity contribution is 6.33. The lowest BCUT2D eigenvalue weighted by atomic mass is 10.1. The van der Waals surface area contributed by atoms with E-state index in [1.54, 1.807) is 6.07 Å². The summed E-state index contributed by atoms with van der Waals surface area (Å²) < 4.78 is 18.8. The Hall–Kier alpha value is -2.37. The summed E-state index contributed by atoms with van der Waals surface area (Å²) in [5, 5.41) is 4.39. The summed E-state index contributed by atoms with van der Waals surface area (Å²) in [5.74, 6) is -0.446. The Labute approximate surface area is 155 Å². The predicted molar refractivity (Wildman–Crippen MR) is 103 cm³/mol. The van der Waals surface area contributed by atoms with Gasteiger partial charge < -0.3 is 14.6 Å². The van der Waals surface area contributed by atoms with Crippen molar-refractivity contribution in [2.45, 2.75) is 13.0 Å². The van der Waals surface area contributed by atoms with Gasteiger partial charge in [0.25, 0.3) is 0 Å². The highest BCUT2D eigenvalue weighted by Gasteiger charge is 2.17. The fraction of sp³-hybridized carbons (Fsp3) is 0.250. The normalized spacial score (nSPS) is 17.7. The third kappa shape index (κ3) is 3.20. The molecule has 3 aromatic rings. The lowest BCUT2D eigenvalue weighted by molar-refractivity contribution is 0.484. The minimum absolute atomic E-state index is 0.183. The second-order valence-electron chi connectivity index (χ2n) is 6.60. The first kappa shape index (κ1) is 17.1. The summed E-state index contributed by atoms with van der Waals surface area (Å²) in [4.78, 5) is 14.7. The van der Waals surface area contributed by atoms with Crippen LogP contribution in [0.2, 0.25) is 5.02 Å². The molecule has 1 saturated heterocycles. The first-order valence-electron chi connectivity index (χ1n) is 8.53. The second-order valence-corrected chi connectivity index (χ2v) is 7.00. The summed E-state index contributed by atoms with van der Waals surface area (Å²) in [6.07, 6.45) is 0. The van der Waals surface area contributed by atoms with Gasteiger partial charge in [0.15, 0.2) is 0 Å². The number of nitrogens with one attached hydrogen (secondary N) is 1. The van der Waals surface area contributed by atoms with Crippen LogP contribution in [0.4, 0.5) is 10.1 Å². The summed E-state index contributed by atoms with van der Waals surface area (Å²) in [6, 6.07) is 12.0. The van der Waals surface area contributed by atoms with Crippen molar-refractivity contribution < 1.29 is 8.81 Å². The van der Waals surface area contributed by atoms with Crippen molar-refractivity contribution in [2.24, 2.45) is 0 Å². The number of piperazine rings is 1. The highest BCUT2D eigenvalue weighted by Crippen LogP contribution is 2.30. The van der Waals surface area contributed by atoms with Gasteiger partial charge in [-0.15, -0.1) is 0 Å². The van der Waals surface area contributed by atoms with Crippen molar-refractivity contribution in [2.75, 3.05) is 24.5 Å². The Morgan fingerprint density at radius 1 is 1.19 bits per heavy atom. The fourth-order valence-corrected chi connectivity index (χ4v) is 3.63. The van der Waals surface area contributed by atoms with Crippen LogP contribution in [0.1, 0.15) is 6.92 Å². The van der Waals surface area contributed by atoms with Crippen molar-refractivity contribution in [3.05, 3.63) is 63.7 Å². The van der Waals surface area contributed by atoms with Gasteiger partial charge in [0, 0.05) is 48.4 Å². The molecule has 4 rings (SSSR count). The van der Waals surface area contributed by atoms with Crippen molar-refractivity contribution in [3.8, 4) is 11.1 Å². The lowest BCUT2D eigenvalue weighted by Crippen LogP contribution is -2.49. The van der Waals surface area contributed by atoms with Gasteiger partial charge in [0.05, 0.1) is 10.6 Å². The molecule has 1 N–H and O–H groups in total. The molecular weight excluding hydrogens is 355 g/mol. The number of hydrogen-bond acceptors (Lipinski definition) is 4. The molecule has 0 radical (unpaired) electrons. The molecule has 134 valence electrons. The van der Waals surface area contributed by atoms with Crippen LogP contribution < -0.4 is 15.8 Å². The van der Waals surface area contributed by atoms with Crippen LogP contribution in [-0.4, -0.2) is 25.7 Å². The van der Waals surface area contributed by atoms with Gasteiger partial charge in [0.2, 0.25) is 0 Å². The molecule has 0 bridgehead atoms. The Morgan fingerprint density at radius 3 is 2.81 bits per heavy atom. The van der Waals surface area contributed by atoms with E-state index in [4.69, 9.17) is 16.0 Å². The third-order valence-electron chi connectivity index (χ3n) is 4.67. The molecule has 2 aromatic carbocycles. The van der Waals surface area contributed by atoms with E-state index in [0.717, 1.165) is 30.7 Å². The molecule has 1 aromatic heterocycles. The Morgan fingerprint density at radius 2 is 2.04 bits per heavy atom. The van der Waals surface area contributed by atoms with Crippen molar-refractivity contribution in [1.82, 2.24) is 5.32 Å². The van der Waals surface area contributed by atoms with Crippen LogP contribution in [0.3, 0.4) is 0 Å². The maximum atomic E-state index is 13.3. The monoisotopic (exact) mass is 372 g/mol. The second kappa shape index (κ2) is 6.74. The van der Waals surface area contributed by atoms with Gasteiger partial charge in [-0.2, -0.15) is 0 Å². The van der Waals surface area contributed by atoms with Gasteiger partial charge in [0.1, 0.15) is 11.4 Å². The predicted octanol–water partition coefficient (Wildman–Crippen LogP) is 4.05.